The summed E-state index contributed by atoms with van der Waals surface area (Å²) in [6.07, 6.45) is 1.44. The molecular formula is C22H22N4O4. The Morgan fingerprint density at radius 3 is 2.73 bits per heavy atom. The van der Waals surface area contributed by atoms with Crippen LogP contribution in [0.15, 0.2) is 53.1 Å². The minimum atomic E-state index is -0.171. The highest BCUT2D eigenvalue weighted by Crippen LogP contribution is 2.23. The van der Waals surface area contributed by atoms with Gasteiger partial charge in [-0.05, 0) is 42.8 Å². The number of carbonyl (C=O) groups is 2. The van der Waals surface area contributed by atoms with Gasteiger partial charge < -0.3 is 19.1 Å². The van der Waals surface area contributed by atoms with E-state index in [-0.39, 0.29) is 18.4 Å². The van der Waals surface area contributed by atoms with E-state index in [1.165, 1.54) is 4.90 Å². The van der Waals surface area contributed by atoms with Gasteiger partial charge in [0.1, 0.15) is 5.75 Å². The van der Waals surface area contributed by atoms with Gasteiger partial charge in [0, 0.05) is 36.8 Å². The molecule has 0 aliphatic carbocycles. The van der Waals surface area contributed by atoms with Crippen molar-refractivity contribution in [2.45, 2.75) is 19.4 Å². The van der Waals surface area contributed by atoms with E-state index in [9.17, 15) is 9.59 Å². The lowest BCUT2D eigenvalue weighted by Crippen LogP contribution is -2.27. The molecule has 2 amide bonds. The van der Waals surface area contributed by atoms with Crippen LogP contribution in [-0.2, 0) is 11.3 Å². The summed E-state index contributed by atoms with van der Waals surface area (Å²) in [5.74, 6) is 1.42. The number of hydrogen-bond acceptors (Lipinski definition) is 6. The molecule has 4 rings (SSSR count). The summed E-state index contributed by atoms with van der Waals surface area (Å²) < 4.78 is 10.5. The van der Waals surface area contributed by atoms with Gasteiger partial charge in [0.15, 0.2) is 0 Å². The SMILES string of the molecule is COc1cccc(-c2noc(CN(C)C(=O)c3ccc(N4CCCC4=O)cc3)n2)c1. The van der Waals surface area contributed by atoms with E-state index in [0.29, 0.717) is 29.4 Å². The number of rotatable bonds is 6. The van der Waals surface area contributed by atoms with Gasteiger partial charge in [-0.15, -0.1) is 0 Å². The van der Waals surface area contributed by atoms with Crippen molar-refractivity contribution >= 4 is 17.5 Å². The molecule has 0 N–H and O–H groups in total. The first-order chi connectivity index (χ1) is 14.5. The van der Waals surface area contributed by atoms with Crippen LogP contribution < -0.4 is 9.64 Å². The molecule has 0 radical (unpaired) electrons. The summed E-state index contributed by atoms with van der Waals surface area (Å²) in [6.45, 7) is 0.904. The highest BCUT2D eigenvalue weighted by molar-refractivity contribution is 5.97. The summed E-state index contributed by atoms with van der Waals surface area (Å²) in [4.78, 5) is 32.2. The lowest BCUT2D eigenvalue weighted by molar-refractivity contribution is -0.117. The molecule has 154 valence electrons. The molecule has 0 bridgehead atoms. The predicted octanol–water partition coefficient (Wildman–Crippen LogP) is 3.14. The Kier molecular flexibility index (Phi) is 5.47. The molecular weight excluding hydrogens is 384 g/mol. The number of carbonyl (C=O) groups excluding carboxylic acids is 2. The Morgan fingerprint density at radius 2 is 2.03 bits per heavy atom. The van der Waals surface area contributed by atoms with Crippen molar-refractivity contribution in [3.8, 4) is 17.1 Å². The fraction of sp³-hybridized carbons (Fsp3) is 0.273. The number of benzene rings is 2. The molecule has 1 fully saturated rings. The number of anilines is 1. The average molecular weight is 406 g/mol. The van der Waals surface area contributed by atoms with E-state index >= 15 is 0 Å². The van der Waals surface area contributed by atoms with Gasteiger partial charge in [0.2, 0.25) is 17.6 Å². The van der Waals surface area contributed by atoms with Crippen LogP contribution in [0.2, 0.25) is 0 Å². The maximum absolute atomic E-state index is 12.7. The monoisotopic (exact) mass is 406 g/mol. The van der Waals surface area contributed by atoms with E-state index in [0.717, 1.165) is 24.2 Å². The third kappa shape index (κ3) is 4.03. The summed E-state index contributed by atoms with van der Waals surface area (Å²) in [5.41, 5.74) is 2.11. The Morgan fingerprint density at radius 1 is 1.23 bits per heavy atom. The van der Waals surface area contributed by atoms with Crippen molar-refractivity contribution in [1.29, 1.82) is 0 Å². The number of amides is 2. The Bertz CT molecular complexity index is 1060. The largest absolute Gasteiger partial charge is 0.497 e. The number of ether oxygens (including phenoxy) is 1. The number of nitrogens with zero attached hydrogens (tertiary/aromatic N) is 4. The number of hydrogen-bond donors (Lipinski definition) is 0. The molecule has 30 heavy (non-hydrogen) atoms. The predicted molar refractivity (Wildman–Crippen MR) is 110 cm³/mol. The lowest BCUT2D eigenvalue weighted by atomic mass is 10.1. The van der Waals surface area contributed by atoms with Crippen LogP contribution in [0.5, 0.6) is 5.75 Å². The zero-order valence-electron chi connectivity index (χ0n) is 16.9. The van der Waals surface area contributed by atoms with E-state index < -0.39 is 0 Å². The van der Waals surface area contributed by atoms with Gasteiger partial charge in [-0.3, -0.25) is 9.59 Å². The third-order valence-corrected chi connectivity index (χ3v) is 5.01. The minimum Gasteiger partial charge on any atom is -0.497 e. The molecule has 1 saturated heterocycles. The van der Waals surface area contributed by atoms with Crippen LogP contribution in [0.1, 0.15) is 29.1 Å². The van der Waals surface area contributed by atoms with E-state index in [1.54, 1.807) is 43.3 Å². The molecule has 2 heterocycles. The summed E-state index contributed by atoms with van der Waals surface area (Å²) >= 11 is 0. The first kappa shape index (κ1) is 19.6. The molecule has 0 unspecified atom stereocenters. The maximum Gasteiger partial charge on any atom is 0.254 e. The topological polar surface area (TPSA) is 88.8 Å². The van der Waals surface area contributed by atoms with E-state index in [2.05, 4.69) is 10.1 Å². The van der Waals surface area contributed by atoms with Crippen LogP contribution in [0, 0.1) is 0 Å². The van der Waals surface area contributed by atoms with Gasteiger partial charge in [0.05, 0.1) is 13.7 Å². The number of aromatic nitrogens is 2. The molecule has 1 aliphatic rings. The first-order valence-corrected chi connectivity index (χ1v) is 9.68. The van der Waals surface area contributed by atoms with Crippen molar-refractivity contribution in [2.75, 3.05) is 25.6 Å². The molecule has 0 atom stereocenters. The van der Waals surface area contributed by atoms with Crippen molar-refractivity contribution in [3.05, 3.63) is 60.0 Å². The van der Waals surface area contributed by atoms with Crippen LogP contribution in [0.4, 0.5) is 5.69 Å². The molecule has 8 nitrogen and oxygen atoms in total. The highest BCUT2D eigenvalue weighted by atomic mass is 16.5. The Hall–Kier alpha value is -3.68. The molecule has 0 saturated carbocycles. The maximum atomic E-state index is 12.7. The van der Waals surface area contributed by atoms with Crippen molar-refractivity contribution in [2.24, 2.45) is 0 Å². The number of methoxy groups -OCH3 is 1. The van der Waals surface area contributed by atoms with Crippen molar-refractivity contribution < 1.29 is 18.8 Å². The summed E-state index contributed by atoms with van der Waals surface area (Å²) in [7, 11) is 3.27. The standard InChI is InChI=1S/C22H22N4O4/c1-25(14-19-23-21(24-30-19)16-5-3-6-18(13-16)29-2)22(28)15-8-10-17(11-9-15)26-12-4-7-20(26)27/h3,5-6,8-11,13H,4,7,12,14H2,1-2H3. The smallest absolute Gasteiger partial charge is 0.254 e. The fourth-order valence-corrected chi connectivity index (χ4v) is 3.40. The molecule has 2 aromatic carbocycles. The highest BCUT2D eigenvalue weighted by Gasteiger charge is 2.22. The molecule has 1 aliphatic heterocycles. The third-order valence-electron chi connectivity index (χ3n) is 5.01. The van der Waals surface area contributed by atoms with Crippen LogP contribution in [0.3, 0.4) is 0 Å². The lowest BCUT2D eigenvalue weighted by Gasteiger charge is -2.18. The Labute approximate surface area is 174 Å². The fourth-order valence-electron chi connectivity index (χ4n) is 3.40. The second-order valence-electron chi connectivity index (χ2n) is 7.10. The van der Waals surface area contributed by atoms with E-state index in [1.807, 2.05) is 24.3 Å². The zero-order chi connectivity index (χ0) is 21.1. The van der Waals surface area contributed by atoms with E-state index in [4.69, 9.17) is 9.26 Å². The van der Waals surface area contributed by atoms with Gasteiger partial charge in [-0.1, -0.05) is 17.3 Å². The van der Waals surface area contributed by atoms with Gasteiger partial charge >= 0.3 is 0 Å². The first-order valence-electron chi connectivity index (χ1n) is 9.68. The van der Waals surface area contributed by atoms with Gasteiger partial charge in [-0.2, -0.15) is 4.98 Å². The van der Waals surface area contributed by atoms with Gasteiger partial charge in [0.25, 0.3) is 5.91 Å². The van der Waals surface area contributed by atoms with Crippen LogP contribution in [-0.4, -0.2) is 47.6 Å². The molecule has 1 aromatic heterocycles. The van der Waals surface area contributed by atoms with Crippen molar-refractivity contribution in [3.63, 3.8) is 0 Å². The second kappa shape index (κ2) is 8.36. The zero-order valence-corrected chi connectivity index (χ0v) is 16.9. The van der Waals surface area contributed by atoms with Crippen molar-refractivity contribution in [1.82, 2.24) is 15.0 Å². The normalized spacial score (nSPS) is 13.5. The van der Waals surface area contributed by atoms with Gasteiger partial charge in [-0.25, -0.2) is 0 Å². The average Bonchev–Trinajstić information content (AvgIpc) is 3.42. The summed E-state index contributed by atoms with van der Waals surface area (Å²) in [6, 6.07) is 14.4. The van der Waals surface area contributed by atoms with Crippen LogP contribution >= 0.6 is 0 Å². The Balaban J connectivity index is 1.42. The molecule has 8 heteroatoms. The second-order valence-corrected chi connectivity index (χ2v) is 7.10. The molecule has 0 spiro atoms. The molecule has 3 aromatic rings. The summed E-state index contributed by atoms with van der Waals surface area (Å²) in [5, 5.41) is 3.99. The minimum absolute atomic E-state index is 0.120. The quantitative estimate of drug-likeness (QED) is 0.625. The van der Waals surface area contributed by atoms with Crippen LogP contribution in [0.25, 0.3) is 11.4 Å².